The van der Waals surface area contributed by atoms with E-state index in [0.717, 1.165) is 13.1 Å². The Morgan fingerprint density at radius 2 is 2.35 bits per heavy atom. The summed E-state index contributed by atoms with van der Waals surface area (Å²) in [4.78, 5) is 14.9. The molecule has 2 heterocycles. The van der Waals surface area contributed by atoms with Crippen LogP contribution in [0.25, 0.3) is 0 Å². The van der Waals surface area contributed by atoms with Crippen molar-refractivity contribution in [1.29, 1.82) is 0 Å². The van der Waals surface area contributed by atoms with E-state index in [1.165, 1.54) is 4.88 Å². The van der Waals surface area contributed by atoms with Crippen LogP contribution in [-0.2, 0) is 4.79 Å². The Hall–Kier alpha value is -0.910. The summed E-state index contributed by atoms with van der Waals surface area (Å²) in [5, 5.41) is 4.97. The van der Waals surface area contributed by atoms with Gasteiger partial charge in [-0.3, -0.25) is 9.69 Å². The van der Waals surface area contributed by atoms with Gasteiger partial charge in [0.15, 0.2) is 0 Å². The molecule has 94 valence electrons. The number of carbonyl (C=O) groups is 1. The molecule has 1 aliphatic heterocycles. The average molecular weight is 253 g/mol. The first kappa shape index (κ1) is 12.5. The fraction of sp³-hybridized carbons (Fsp3) is 0.583. The molecule has 1 aliphatic rings. The quantitative estimate of drug-likeness (QED) is 0.843. The van der Waals surface area contributed by atoms with Gasteiger partial charge in [0.25, 0.3) is 0 Å². The zero-order chi connectivity index (χ0) is 12.3. The molecule has 1 aromatic heterocycles. The minimum absolute atomic E-state index is 0.0712. The molecule has 1 aromatic rings. The van der Waals surface area contributed by atoms with Crippen molar-refractivity contribution in [2.24, 2.45) is 5.73 Å². The van der Waals surface area contributed by atoms with Crippen LogP contribution in [0.5, 0.6) is 0 Å². The highest BCUT2D eigenvalue weighted by Gasteiger charge is 2.26. The van der Waals surface area contributed by atoms with Crippen LogP contribution in [0.4, 0.5) is 0 Å². The fourth-order valence-electron chi connectivity index (χ4n) is 2.29. The van der Waals surface area contributed by atoms with E-state index < -0.39 is 0 Å². The maximum Gasteiger partial charge on any atom is 0.221 e. The Labute approximate surface area is 106 Å². The number of carbonyl (C=O) groups excluding carboxylic acids is 1. The standard InChI is InChI=1S/C12H19N3OS/c1-9(13)12(10-3-2-8-17-10)15-6-4-11(16)14-5-7-15/h2-3,8-9,12H,4-7,13H2,1H3,(H,14,16). The molecule has 2 rings (SSSR count). The first-order valence-electron chi connectivity index (χ1n) is 5.98. The van der Waals surface area contributed by atoms with Gasteiger partial charge in [-0.1, -0.05) is 6.07 Å². The van der Waals surface area contributed by atoms with E-state index in [0.29, 0.717) is 13.0 Å². The Morgan fingerprint density at radius 1 is 1.53 bits per heavy atom. The summed E-state index contributed by atoms with van der Waals surface area (Å²) in [6.07, 6.45) is 0.564. The van der Waals surface area contributed by atoms with E-state index in [9.17, 15) is 4.79 Å². The number of rotatable bonds is 3. The van der Waals surface area contributed by atoms with Gasteiger partial charge < -0.3 is 11.1 Å². The topological polar surface area (TPSA) is 58.4 Å². The predicted octanol–water partition coefficient (Wildman–Crippen LogP) is 0.958. The Bertz CT molecular complexity index is 364. The van der Waals surface area contributed by atoms with Crippen molar-refractivity contribution in [1.82, 2.24) is 10.2 Å². The number of amides is 1. The lowest BCUT2D eigenvalue weighted by Crippen LogP contribution is -2.40. The Morgan fingerprint density at radius 3 is 3.00 bits per heavy atom. The molecule has 0 aromatic carbocycles. The third kappa shape index (κ3) is 3.06. The molecule has 1 fully saturated rings. The van der Waals surface area contributed by atoms with Crippen LogP contribution in [0.1, 0.15) is 24.3 Å². The first-order chi connectivity index (χ1) is 8.18. The second-order valence-corrected chi connectivity index (χ2v) is 5.43. The summed E-state index contributed by atoms with van der Waals surface area (Å²) >= 11 is 1.73. The van der Waals surface area contributed by atoms with E-state index >= 15 is 0 Å². The van der Waals surface area contributed by atoms with Crippen molar-refractivity contribution >= 4 is 17.2 Å². The SMILES string of the molecule is CC(N)C(c1cccs1)N1CCNC(=O)CC1. The van der Waals surface area contributed by atoms with Gasteiger partial charge in [0.2, 0.25) is 5.91 Å². The summed E-state index contributed by atoms with van der Waals surface area (Å²) in [6, 6.07) is 4.47. The zero-order valence-electron chi connectivity index (χ0n) is 10.1. The largest absolute Gasteiger partial charge is 0.355 e. The molecule has 0 saturated carbocycles. The maximum atomic E-state index is 11.3. The third-order valence-electron chi connectivity index (χ3n) is 3.07. The molecule has 0 radical (unpaired) electrons. The third-order valence-corrected chi connectivity index (χ3v) is 4.02. The van der Waals surface area contributed by atoms with E-state index in [4.69, 9.17) is 5.73 Å². The van der Waals surface area contributed by atoms with Crippen molar-refractivity contribution in [3.8, 4) is 0 Å². The fourth-order valence-corrected chi connectivity index (χ4v) is 3.27. The summed E-state index contributed by atoms with van der Waals surface area (Å²) < 4.78 is 0. The molecule has 5 heteroatoms. The van der Waals surface area contributed by atoms with Crippen LogP contribution in [-0.4, -0.2) is 36.5 Å². The van der Waals surface area contributed by atoms with E-state index in [-0.39, 0.29) is 18.0 Å². The van der Waals surface area contributed by atoms with E-state index in [2.05, 4.69) is 27.7 Å². The highest BCUT2D eigenvalue weighted by molar-refractivity contribution is 7.10. The van der Waals surface area contributed by atoms with Gasteiger partial charge in [0, 0.05) is 37.0 Å². The normalized spacial score (nSPS) is 21.6. The van der Waals surface area contributed by atoms with Gasteiger partial charge >= 0.3 is 0 Å². The molecule has 0 spiro atoms. The minimum atomic E-state index is 0.0712. The molecule has 3 N–H and O–H groups in total. The van der Waals surface area contributed by atoms with Crippen LogP contribution in [0, 0.1) is 0 Å². The van der Waals surface area contributed by atoms with Crippen LogP contribution in [0.3, 0.4) is 0 Å². The number of hydrogen-bond acceptors (Lipinski definition) is 4. The molecular formula is C12H19N3OS. The van der Waals surface area contributed by atoms with Gasteiger partial charge in [-0.25, -0.2) is 0 Å². The Kier molecular flexibility index (Phi) is 4.15. The maximum absolute atomic E-state index is 11.3. The van der Waals surface area contributed by atoms with Gasteiger partial charge in [0.05, 0.1) is 6.04 Å². The number of nitrogens with one attached hydrogen (secondary N) is 1. The molecule has 0 bridgehead atoms. The molecule has 17 heavy (non-hydrogen) atoms. The molecule has 4 nitrogen and oxygen atoms in total. The molecule has 0 aliphatic carbocycles. The highest BCUT2D eigenvalue weighted by Crippen LogP contribution is 2.27. The lowest BCUT2D eigenvalue weighted by Gasteiger charge is -2.32. The predicted molar refractivity (Wildman–Crippen MR) is 69.9 cm³/mol. The molecule has 1 amide bonds. The van der Waals surface area contributed by atoms with Crippen molar-refractivity contribution < 1.29 is 4.79 Å². The number of nitrogens with two attached hydrogens (primary N) is 1. The summed E-state index contributed by atoms with van der Waals surface area (Å²) in [7, 11) is 0. The second kappa shape index (κ2) is 5.62. The lowest BCUT2D eigenvalue weighted by molar-refractivity contribution is -0.120. The van der Waals surface area contributed by atoms with Crippen molar-refractivity contribution in [3.05, 3.63) is 22.4 Å². The summed E-state index contributed by atoms with van der Waals surface area (Å²) in [6.45, 7) is 4.41. The summed E-state index contributed by atoms with van der Waals surface area (Å²) in [5.74, 6) is 0.141. The number of nitrogens with zero attached hydrogens (tertiary/aromatic N) is 1. The minimum Gasteiger partial charge on any atom is -0.355 e. The second-order valence-electron chi connectivity index (χ2n) is 4.46. The van der Waals surface area contributed by atoms with Crippen LogP contribution < -0.4 is 11.1 Å². The molecule has 1 saturated heterocycles. The monoisotopic (exact) mass is 253 g/mol. The van der Waals surface area contributed by atoms with E-state index in [1.54, 1.807) is 11.3 Å². The van der Waals surface area contributed by atoms with Crippen molar-refractivity contribution in [2.45, 2.75) is 25.4 Å². The van der Waals surface area contributed by atoms with Gasteiger partial charge in [-0.15, -0.1) is 11.3 Å². The molecule has 2 unspecified atom stereocenters. The van der Waals surface area contributed by atoms with Gasteiger partial charge in [-0.05, 0) is 18.4 Å². The molecule has 2 atom stereocenters. The Balaban J connectivity index is 2.13. The first-order valence-corrected chi connectivity index (χ1v) is 6.86. The highest BCUT2D eigenvalue weighted by atomic mass is 32.1. The summed E-state index contributed by atoms with van der Waals surface area (Å²) in [5.41, 5.74) is 6.10. The average Bonchev–Trinajstić information content (AvgIpc) is 2.70. The van der Waals surface area contributed by atoms with Crippen LogP contribution >= 0.6 is 11.3 Å². The van der Waals surface area contributed by atoms with Crippen molar-refractivity contribution in [3.63, 3.8) is 0 Å². The lowest BCUT2D eigenvalue weighted by atomic mass is 10.1. The van der Waals surface area contributed by atoms with Gasteiger partial charge in [0.1, 0.15) is 0 Å². The van der Waals surface area contributed by atoms with Crippen LogP contribution in [0.15, 0.2) is 17.5 Å². The van der Waals surface area contributed by atoms with Gasteiger partial charge in [-0.2, -0.15) is 0 Å². The zero-order valence-corrected chi connectivity index (χ0v) is 10.9. The van der Waals surface area contributed by atoms with Crippen LogP contribution in [0.2, 0.25) is 0 Å². The van der Waals surface area contributed by atoms with E-state index in [1.807, 2.05) is 6.92 Å². The van der Waals surface area contributed by atoms with Crippen molar-refractivity contribution in [2.75, 3.05) is 19.6 Å². The number of hydrogen-bond donors (Lipinski definition) is 2. The number of thiophene rings is 1. The smallest absolute Gasteiger partial charge is 0.221 e. The molecular weight excluding hydrogens is 234 g/mol.